The highest BCUT2D eigenvalue weighted by Gasteiger charge is 2.38. The number of halogens is 6. The van der Waals surface area contributed by atoms with Gasteiger partial charge in [-0.3, -0.25) is 14.5 Å². The lowest BCUT2D eigenvalue weighted by molar-refractivity contribution is -0.143. The van der Waals surface area contributed by atoms with Crippen LogP contribution < -0.4 is 5.32 Å². The van der Waals surface area contributed by atoms with Crippen LogP contribution in [-0.2, 0) is 33.2 Å². The molecule has 1 amide bonds. The fourth-order valence-electron chi connectivity index (χ4n) is 3.15. The number of carbonyl (C=O) groups excluding carboxylic acids is 1. The van der Waals surface area contributed by atoms with Crippen molar-refractivity contribution < 1.29 is 45.8 Å². The number of nitrogens with zero attached hydrogens (tertiary/aromatic N) is 1. The number of thioether (sulfide) groups is 1. The predicted molar refractivity (Wildman–Crippen MR) is 126 cm³/mol. The molecule has 0 radical (unpaired) electrons. The zero-order valence-electron chi connectivity index (χ0n) is 20.2. The molecule has 37 heavy (non-hydrogen) atoms. The van der Waals surface area contributed by atoms with Crippen LogP contribution in [0.3, 0.4) is 0 Å². The quantitative estimate of drug-likeness (QED) is 0.272. The van der Waals surface area contributed by atoms with E-state index >= 15 is 0 Å². The smallest absolute Gasteiger partial charge is 0.418 e. The molecule has 0 aliphatic rings. The predicted octanol–water partition coefficient (Wildman–Crippen LogP) is 5.77. The number of hydrogen-bond acceptors (Lipinski definition) is 5. The Morgan fingerprint density at radius 2 is 1.62 bits per heavy atom. The van der Waals surface area contributed by atoms with Gasteiger partial charge in [0, 0.05) is 25.1 Å². The van der Waals surface area contributed by atoms with Gasteiger partial charge in [-0.05, 0) is 49.7 Å². The topological polar surface area (TPSA) is 78.9 Å². The Hall–Kier alpha value is -2.77. The van der Waals surface area contributed by atoms with E-state index in [9.17, 15) is 41.0 Å². The summed E-state index contributed by atoms with van der Waals surface area (Å²) < 4.78 is 82.8. The maximum Gasteiger partial charge on any atom is 0.418 e. The van der Waals surface area contributed by atoms with Crippen LogP contribution in [0.4, 0.5) is 32.0 Å². The lowest BCUT2D eigenvalue weighted by Crippen LogP contribution is -2.35. The first-order chi connectivity index (χ1) is 17.0. The number of methoxy groups -OCH3 is 1. The van der Waals surface area contributed by atoms with Crippen LogP contribution in [0.25, 0.3) is 0 Å². The summed E-state index contributed by atoms with van der Waals surface area (Å²) in [5, 5.41) is 11.3. The highest BCUT2D eigenvalue weighted by molar-refractivity contribution is 8.01. The molecular weight excluding hydrogens is 526 g/mol. The number of hydrogen-bond donors (Lipinski definition) is 2. The first-order valence-corrected chi connectivity index (χ1v) is 11.7. The van der Waals surface area contributed by atoms with Gasteiger partial charge in [0.2, 0.25) is 5.91 Å². The Bertz CT molecular complexity index is 1090. The minimum absolute atomic E-state index is 0.0382. The van der Waals surface area contributed by atoms with Gasteiger partial charge in [-0.1, -0.05) is 12.1 Å². The second-order valence-electron chi connectivity index (χ2n) is 8.57. The first kappa shape index (κ1) is 30.5. The van der Waals surface area contributed by atoms with Gasteiger partial charge in [0.1, 0.15) is 4.75 Å². The van der Waals surface area contributed by atoms with Gasteiger partial charge in [0.05, 0.1) is 30.0 Å². The number of nitrogens with one attached hydrogen (secondary N) is 1. The van der Waals surface area contributed by atoms with Crippen LogP contribution in [0.2, 0.25) is 0 Å². The van der Waals surface area contributed by atoms with E-state index in [2.05, 4.69) is 5.32 Å². The van der Waals surface area contributed by atoms with E-state index < -0.39 is 45.8 Å². The number of aliphatic carboxylic acids is 1. The maximum atomic E-state index is 13.4. The van der Waals surface area contributed by atoms with E-state index in [4.69, 9.17) is 4.74 Å². The summed E-state index contributed by atoms with van der Waals surface area (Å²) in [6.45, 7) is 3.45. The summed E-state index contributed by atoms with van der Waals surface area (Å²) in [6.07, 6.45) is -10.1. The fraction of sp³-hybridized carbons (Fsp3) is 0.417. The van der Waals surface area contributed by atoms with Crippen molar-refractivity contribution in [3.05, 3.63) is 59.2 Å². The molecule has 2 N–H and O–H groups in total. The van der Waals surface area contributed by atoms with Gasteiger partial charge in [0.15, 0.2) is 0 Å². The standard InChI is InChI=1S/C24H26F6N2O4S/c1-22(2,21(34)35)37-17-7-4-15(5-8-17)13-32(10-11-36-3)14-20(33)31-19-9-6-16(23(25,26)27)12-18(19)24(28,29)30/h4-9,12H,10-11,13-14H2,1-3H3,(H,31,33)(H,34,35). The summed E-state index contributed by atoms with van der Waals surface area (Å²) in [4.78, 5) is 26.2. The molecule has 13 heteroatoms. The second kappa shape index (κ2) is 12.2. The third-order valence-corrected chi connectivity index (χ3v) is 6.32. The number of rotatable bonds is 11. The molecule has 2 rings (SSSR count). The Balaban J connectivity index is 2.15. The van der Waals surface area contributed by atoms with E-state index in [-0.39, 0.29) is 32.3 Å². The second-order valence-corrected chi connectivity index (χ2v) is 10.3. The third-order valence-electron chi connectivity index (χ3n) is 5.12. The van der Waals surface area contributed by atoms with Crippen molar-refractivity contribution in [3.8, 4) is 0 Å². The van der Waals surface area contributed by atoms with Crippen LogP contribution in [0.1, 0.15) is 30.5 Å². The first-order valence-electron chi connectivity index (χ1n) is 10.8. The van der Waals surface area contributed by atoms with Crippen molar-refractivity contribution >= 4 is 29.3 Å². The van der Waals surface area contributed by atoms with Crippen LogP contribution in [0.15, 0.2) is 47.4 Å². The van der Waals surface area contributed by atoms with Crippen LogP contribution in [-0.4, -0.2) is 53.4 Å². The van der Waals surface area contributed by atoms with E-state index in [0.29, 0.717) is 17.0 Å². The molecule has 0 aliphatic carbocycles. The fourth-order valence-corrected chi connectivity index (χ4v) is 4.10. The van der Waals surface area contributed by atoms with E-state index in [1.54, 1.807) is 43.0 Å². The van der Waals surface area contributed by atoms with E-state index in [1.807, 2.05) is 0 Å². The number of anilines is 1. The van der Waals surface area contributed by atoms with Gasteiger partial charge < -0.3 is 15.2 Å². The lowest BCUT2D eigenvalue weighted by atomic mass is 10.1. The highest BCUT2D eigenvalue weighted by atomic mass is 32.2. The zero-order valence-corrected chi connectivity index (χ0v) is 21.0. The average Bonchev–Trinajstić information content (AvgIpc) is 2.77. The van der Waals surface area contributed by atoms with Crippen molar-refractivity contribution in [1.82, 2.24) is 4.90 Å². The highest BCUT2D eigenvalue weighted by Crippen LogP contribution is 2.39. The largest absolute Gasteiger partial charge is 0.480 e. The minimum atomic E-state index is -5.12. The van der Waals surface area contributed by atoms with Crippen LogP contribution >= 0.6 is 11.8 Å². The Labute approximate surface area is 214 Å². The molecule has 0 heterocycles. The van der Waals surface area contributed by atoms with Gasteiger partial charge in [-0.2, -0.15) is 26.3 Å². The number of alkyl halides is 6. The summed E-state index contributed by atoms with van der Waals surface area (Å²) in [6, 6.07) is 7.92. The molecule has 6 nitrogen and oxygen atoms in total. The molecule has 204 valence electrons. The van der Waals surface area contributed by atoms with Crippen molar-refractivity contribution in [2.75, 3.05) is 32.1 Å². The molecule has 0 saturated carbocycles. The van der Waals surface area contributed by atoms with Crippen molar-refractivity contribution in [2.45, 2.75) is 42.4 Å². The number of amides is 1. The van der Waals surface area contributed by atoms with Gasteiger partial charge in [-0.15, -0.1) is 11.8 Å². The summed E-state index contributed by atoms with van der Waals surface area (Å²) in [5.41, 5.74) is -3.11. The molecule has 0 aromatic heterocycles. The van der Waals surface area contributed by atoms with E-state index in [1.165, 1.54) is 7.11 Å². The number of benzene rings is 2. The molecule has 0 saturated heterocycles. The molecule has 2 aromatic rings. The van der Waals surface area contributed by atoms with Crippen molar-refractivity contribution in [2.24, 2.45) is 0 Å². The van der Waals surface area contributed by atoms with Gasteiger partial charge >= 0.3 is 18.3 Å². The zero-order chi connectivity index (χ0) is 28.0. The van der Waals surface area contributed by atoms with Crippen molar-refractivity contribution in [3.63, 3.8) is 0 Å². The summed E-state index contributed by atoms with van der Waals surface area (Å²) in [7, 11) is 1.44. The molecule has 0 bridgehead atoms. The van der Waals surface area contributed by atoms with Gasteiger partial charge in [0.25, 0.3) is 0 Å². The SMILES string of the molecule is COCCN(CC(=O)Nc1ccc(C(F)(F)F)cc1C(F)(F)F)Cc1ccc(SC(C)(C)C(=O)O)cc1. The Morgan fingerprint density at radius 1 is 1.00 bits per heavy atom. The summed E-state index contributed by atoms with van der Waals surface area (Å²) >= 11 is 1.15. The maximum absolute atomic E-state index is 13.4. The lowest BCUT2D eigenvalue weighted by Gasteiger charge is -2.23. The van der Waals surface area contributed by atoms with E-state index in [0.717, 1.165) is 17.3 Å². The normalized spacial score (nSPS) is 12.6. The minimum Gasteiger partial charge on any atom is -0.480 e. The molecule has 0 atom stereocenters. The average molecular weight is 553 g/mol. The third kappa shape index (κ3) is 9.24. The molecular formula is C24H26F6N2O4S. The number of ether oxygens (including phenoxy) is 1. The Kier molecular flexibility index (Phi) is 10.0. The summed E-state index contributed by atoms with van der Waals surface area (Å²) in [5.74, 6) is -1.82. The Morgan fingerprint density at radius 3 is 2.14 bits per heavy atom. The number of carbonyl (C=O) groups is 2. The molecule has 2 aromatic carbocycles. The van der Waals surface area contributed by atoms with Gasteiger partial charge in [-0.25, -0.2) is 0 Å². The molecule has 0 spiro atoms. The number of carboxylic acid groups (broad SMARTS) is 1. The molecule has 0 unspecified atom stereocenters. The monoisotopic (exact) mass is 552 g/mol. The number of carboxylic acids is 1. The van der Waals surface area contributed by atoms with Crippen LogP contribution in [0, 0.1) is 0 Å². The van der Waals surface area contributed by atoms with Crippen molar-refractivity contribution in [1.29, 1.82) is 0 Å². The molecule has 0 aliphatic heterocycles. The molecule has 0 fully saturated rings. The van der Waals surface area contributed by atoms with Crippen LogP contribution in [0.5, 0.6) is 0 Å².